The summed E-state index contributed by atoms with van der Waals surface area (Å²) in [5, 5.41) is 4.40. The Bertz CT molecular complexity index is 684. The number of aryl methyl sites for hydroxylation is 1. The molecule has 1 amide bonds. The highest BCUT2D eigenvalue weighted by atomic mass is 16.5. The highest BCUT2D eigenvalue weighted by Gasteiger charge is 2.33. The van der Waals surface area contributed by atoms with E-state index in [0.717, 1.165) is 25.1 Å². The maximum absolute atomic E-state index is 12.8. The molecule has 1 aromatic heterocycles. The third-order valence-corrected chi connectivity index (χ3v) is 4.15. The summed E-state index contributed by atoms with van der Waals surface area (Å²) >= 11 is 0. The van der Waals surface area contributed by atoms with Gasteiger partial charge in [-0.3, -0.25) is 4.79 Å². The summed E-state index contributed by atoms with van der Waals surface area (Å²) in [4.78, 5) is 14.7. The van der Waals surface area contributed by atoms with Crippen LogP contribution in [0.15, 0.2) is 30.3 Å². The fourth-order valence-corrected chi connectivity index (χ4v) is 3.17. The van der Waals surface area contributed by atoms with Gasteiger partial charge < -0.3 is 9.64 Å². The van der Waals surface area contributed by atoms with Crippen molar-refractivity contribution in [1.29, 1.82) is 0 Å². The summed E-state index contributed by atoms with van der Waals surface area (Å²) in [6.07, 6.45) is 1.83. The summed E-state index contributed by atoms with van der Waals surface area (Å²) in [6, 6.07) is 9.99. The van der Waals surface area contributed by atoms with Crippen LogP contribution in [0.4, 0.5) is 5.69 Å². The maximum atomic E-state index is 12.8. The summed E-state index contributed by atoms with van der Waals surface area (Å²) in [7, 11) is 0. The normalized spacial score (nSPS) is 19.9. The molecule has 1 atom stereocenters. The summed E-state index contributed by atoms with van der Waals surface area (Å²) < 4.78 is 7.32. The van der Waals surface area contributed by atoms with E-state index in [9.17, 15) is 4.79 Å². The molecule has 0 fully saturated rings. The van der Waals surface area contributed by atoms with Gasteiger partial charge in [-0.05, 0) is 25.0 Å². The third kappa shape index (κ3) is 1.92. The van der Waals surface area contributed by atoms with Gasteiger partial charge in [-0.25, -0.2) is 4.68 Å². The van der Waals surface area contributed by atoms with Crippen LogP contribution in [0, 0.1) is 0 Å². The molecule has 5 heteroatoms. The Labute approximate surface area is 123 Å². The van der Waals surface area contributed by atoms with Crippen LogP contribution in [-0.4, -0.2) is 28.3 Å². The Morgan fingerprint density at radius 3 is 3.10 bits per heavy atom. The molecule has 1 aromatic carbocycles. The average Bonchev–Trinajstić information content (AvgIpc) is 3.06. The smallest absolute Gasteiger partial charge is 0.279 e. The summed E-state index contributed by atoms with van der Waals surface area (Å²) in [6.45, 7) is 3.58. The van der Waals surface area contributed by atoms with Crippen LogP contribution in [-0.2, 0) is 13.0 Å². The van der Waals surface area contributed by atoms with E-state index < -0.39 is 0 Å². The van der Waals surface area contributed by atoms with Gasteiger partial charge in [0.25, 0.3) is 5.91 Å². The van der Waals surface area contributed by atoms with Crippen LogP contribution in [0.25, 0.3) is 0 Å². The topological polar surface area (TPSA) is 47.4 Å². The molecule has 4 rings (SSSR count). The van der Waals surface area contributed by atoms with Gasteiger partial charge in [-0.1, -0.05) is 18.2 Å². The Morgan fingerprint density at radius 1 is 1.38 bits per heavy atom. The lowest BCUT2D eigenvalue weighted by atomic mass is 10.1. The van der Waals surface area contributed by atoms with Crippen LogP contribution in [0.1, 0.15) is 29.4 Å². The van der Waals surface area contributed by atoms with E-state index in [1.54, 1.807) is 10.7 Å². The van der Waals surface area contributed by atoms with Crippen molar-refractivity contribution in [2.24, 2.45) is 0 Å². The van der Waals surface area contributed by atoms with Crippen LogP contribution in [0.3, 0.4) is 0 Å². The molecule has 0 bridgehead atoms. The molecule has 2 aromatic rings. The van der Waals surface area contributed by atoms with Crippen molar-refractivity contribution in [3.63, 3.8) is 0 Å². The monoisotopic (exact) mass is 283 g/mol. The molecule has 0 unspecified atom stereocenters. The number of aromatic nitrogens is 2. The molecule has 0 saturated heterocycles. The fraction of sp³-hybridized carbons (Fsp3) is 0.375. The Kier molecular flexibility index (Phi) is 2.74. The number of rotatable bonds is 1. The molecule has 0 aliphatic carbocycles. The lowest BCUT2D eigenvalue weighted by Crippen LogP contribution is -2.36. The van der Waals surface area contributed by atoms with Gasteiger partial charge in [0, 0.05) is 30.8 Å². The van der Waals surface area contributed by atoms with E-state index in [4.69, 9.17) is 4.74 Å². The van der Waals surface area contributed by atoms with E-state index >= 15 is 0 Å². The van der Waals surface area contributed by atoms with Gasteiger partial charge in [0.15, 0.2) is 5.69 Å². The number of carbonyl (C=O) groups excluding carboxylic acids is 1. The number of nitrogens with zero attached hydrogens (tertiary/aromatic N) is 3. The molecular weight excluding hydrogens is 266 g/mol. The Hall–Kier alpha value is -2.30. The predicted octanol–water partition coefficient (Wildman–Crippen LogP) is 2.26. The van der Waals surface area contributed by atoms with Gasteiger partial charge in [0.2, 0.25) is 5.88 Å². The minimum absolute atomic E-state index is 0.0436. The second kappa shape index (κ2) is 4.62. The number of carbonyl (C=O) groups is 1. The minimum Gasteiger partial charge on any atom is -0.478 e. The van der Waals surface area contributed by atoms with Crippen molar-refractivity contribution < 1.29 is 9.53 Å². The molecule has 21 heavy (non-hydrogen) atoms. The van der Waals surface area contributed by atoms with Gasteiger partial charge in [0.05, 0.1) is 6.61 Å². The van der Waals surface area contributed by atoms with E-state index in [-0.39, 0.29) is 11.9 Å². The number of anilines is 1. The molecule has 0 spiro atoms. The zero-order valence-electron chi connectivity index (χ0n) is 12.0. The minimum atomic E-state index is -0.0436. The molecule has 2 aliphatic rings. The average molecular weight is 283 g/mol. The first-order valence-electron chi connectivity index (χ1n) is 7.36. The second-order valence-corrected chi connectivity index (χ2v) is 5.65. The number of fused-ring (bicyclic) bond motifs is 2. The predicted molar refractivity (Wildman–Crippen MR) is 78.8 cm³/mol. The van der Waals surface area contributed by atoms with Crippen molar-refractivity contribution in [3.05, 3.63) is 41.6 Å². The highest BCUT2D eigenvalue weighted by molar-refractivity contribution is 6.06. The van der Waals surface area contributed by atoms with E-state index in [1.807, 2.05) is 23.1 Å². The molecule has 3 heterocycles. The van der Waals surface area contributed by atoms with Crippen molar-refractivity contribution in [2.75, 3.05) is 11.5 Å². The van der Waals surface area contributed by atoms with E-state index in [2.05, 4.69) is 18.1 Å². The molecule has 5 nitrogen and oxygen atoms in total. The molecular formula is C16H17N3O2. The first-order chi connectivity index (χ1) is 10.2. The number of hydrogen-bond acceptors (Lipinski definition) is 3. The molecule has 0 N–H and O–H groups in total. The van der Waals surface area contributed by atoms with Crippen LogP contribution in [0.5, 0.6) is 5.88 Å². The van der Waals surface area contributed by atoms with Crippen LogP contribution in [0.2, 0.25) is 0 Å². The number of hydrogen-bond donors (Lipinski definition) is 0. The third-order valence-electron chi connectivity index (χ3n) is 4.15. The standard InChI is InChI=1S/C16H17N3O2/c1-11-9-12-5-2-3-6-14(12)19(11)16(20)13-10-15-18(17-13)7-4-8-21-15/h2-3,5-6,10-11H,4,7-9H2,1H3/t11-/m1/s1. The molecule has 0 saturated carbocycles. The zero-order valence-corrected chi connectivity index (χ0v) is 12.0. The number of ether oxygens (including phenoxy) is 1. The van der Waals surface area contributed by atoms with Crippen LogP contribution >= 0.6 is 0 Å². The van der Waals surface area contributed by atoms with E-state index in [1.165, 1.54) is 5.56 Å². The SMILES string of the molecule is C[C@@H]1Cc2ccccc2N1C(=O)c1cc2n(n1)CCCO2. The van der Waals surface area contributed by atoms with Gasteiger partial charge in [0.1, 0.15) is 0 Å². The lowest BCUT2D eigenvalue weighted by Gasteiger charge is -2.21. The van der Waals surface area contributed by atoms with Crippen molar-refractivity contribution in [2.45, 2.75) is 32.4 Å². The number of amides is 1. The van der Waals surface area contributed by atoms with Crippen molar-refractivity contribution in [1.82, 2.24) is 9.78 Å². The molecule has 2 aliphatic heterocycles. The highest BCUT2D eigenvalue weighted by Crippen LogP contribution is 2.33. The summed E-state index contributed by atoms with van der Waals surface area (Å²) in [5.74, 6) is 0.655. The molecule has 0 radical (unpaired) electrons. The quantitative estimate of drug-likeness (QED) is 0.806. The van der Waals surface area contributed by atoms with Crippen molar-refractivity contribution >= 4 is 11.6 Å². The van der Waals surface area contributed by atoms with Crippen molar-refractivity contribution in [3.8, 4) is 5.88 Å². The first-order valence-corrected chi connectivity index (χ1v) is 7.36. The summed E-state index contributed by atoms with van der Waals surface area (Å²) in [5.41, 5.74) is 2.69. The van der Waals surface area contributed by atoms with Gasteiger partial charge in [-0.2, -0.15) is 5.10 Å². The van der Waals surface area contributed by atoms with Crippen LogP contribution < -0.4 is 9.64 Å². The van der Waals surface area contributed by atoms with Gasteiger partial charge in [-0.15, -0.1) is 0 Å². The van der Waals surface area contributed by atoms with E-state index in [0.29, 0.717) is 18.2 Å². The zero-order chi connectivity index (χ0) is 14.4. The largest absolute Gasteiger partial charge is 0.478 e. The Morgan fingerprint density at radius 2 is 2.24 bits per heavy atom. The number of para-hydroxylation sites is 1. The number of benzene rings is 1. The Balaban J connectivity index is 1.70. The lowest BCUT2D eigenvalue weighted by molar-refractivity contribution is 0.0975. The first kappa shape index (κ1) is 12.4. The fourth-order valence-electron chi connectivity index (χ4n) is 3.17. The second-order valence-electron chi connectivity index (χ2n) is 5.65. The molecule has 108 valence electrons. The van der Waals surface area contributed by atoms with Gasteiger partial charge >= 0.3 is 0 Å². The maximum Gasteiger partial charge on any atom is 0.279 e.